The van der Waals surface area contributed by atoms with Crippen molar-refractivity contribution in [3.63, 3.8) is 0 Å². The Labute approximate surface area is 159 Å². The molecule has 4 heterocycles. The predicted octanol–water partition coefficient (Wildman–Crippen LogP) is 3.53. The molecule has 0 aromatic carbocycles. The average Bonchev–Trinajstić information content (AvgIpc) is 3.48. The lowest BCUT2D eigenvalue weighted by Gasteiger charge is -2.17. The highest BCUT2D eigenvalue weighted by atomic mass is 32.1. The summed E-state index contributed by atoms with van der Waals surface area (Å²) >= 11 is 1.63. The molecule has 4 aromatic rings. The summed E-state index contributed by atoms with van der Waals surface area (Å²) in [6.45, 7) is 0.431. The minimum absolute atomic E-state index is 0.0137. The molecular formula is C19H18N4O3S. The van der Waals surface area contributed by atoms with Crippen molar-refractivity contribution in [3.05, 3.63) is 71.2 Å². The Morgan fingerprint density at radius 1 is 1.26 bits per heavy atom. The molecule has 0 radical (unpaired) electrons. The van der Waals surface area contributed by atoms with E-state index in [1.54, 1.807) is 29.7 Å². The topological polar surface area (TPSA) is 86.1 Å². The predicted molar refractivity (Wildman–Crippen MR) is 100 cm³/mol. The van der Waals surface area contributed by atoms with Crippen LogP contribution in [0.3, 0.4) is 0 Å². The number of thiophene rings is 1. The van der Waals surface area contributed by atoms with Gasteiger partial charge in [-0.25, -0.2) is 0 Å². The fourth-order valence-corrected chi connectivity index (χ4v) is 3.54. The minimum Gasteiger partial charge on any atom is -0.461 e. The van der Waals surface area contributed by atoms with E-state index in [1.807, 2.05) is 29.9 Å². The number of carbonyl (C=O) groups is 1. The maximum atomic E-state index is 12.4. The fourth-order valence-electron chi connectivity index (χ4n) is 2.83. The number of amides is 1. The first kappa shape index (κ1) is 17.3. The van der Waals surface area contributed by atoms with Crippen LogP contribution in [0.15, 0.2) is 68.7 Å². The number of hydrogen-bond acceptors (Lipinski definition) is 6. The maximum absolute atomic E-state index is 12.4. The van der Waals surface area contributed by atoms with Crippen LogP contribution in [0, 0.1) is 0 Å². The van der Waals surface area contributed by atoms with E-state index in [0.717, 1.165) is 5.56 Å². The summed E-state index contributed by atoms with van der Waals surface area (Å²) in [6, 6.07) is 9.49. The third kappa shape index (κ3) is 4.17. The molecule has 138 valence electrons. The average molecular weight is 382 g/mol. The highest BCUT2D eigenvalue weighted by Gasteiger charge is 2.18. The summed E-state index contributed by atoms with van der Waals surface area (Å²) in [6.07, 6.45) is 6.34. The van der Waals surface area contributed by atoms with Gasteiger partial charge in [0, 0.05) is 25.4 Å². The second kappa shape index (κ2) is 8.05. The molecule has 0 aliphatic heterocycles. The van der Waals surface area contributed by atoms with Crippen LogP contribution in [0.2, 0.25) is 0 Å². The first-order valence-electron chi connectivity index (χ1n) is 8.57. The Hall–Kier alpha value is -3.13. The standard InChI is InChI=1S/C19H18N4O3S/c24-17(12-15(14-6-11-27-13-14)23-8-1-2-9-23)20-7-5-18-21-19(22-26-18)16-4-3-10-25-16/h1-4,6,8-11,13,15H,5,7,12H2,(H,20,24)/t15-/m1/s1. The van der Waals surface area contributed by atoms with Gasteiger partial charge in [-0.15, -0.1) is 0 Å². The Balaban J connectivity index is 1.31. The van der Waals surface area contributed by atoms with E-state index < -0.39 is 0 Å². The van der Waals surface area contributed by atoms with Crippen LogP contribution < -0.4 is 5.32 Å². The van der Waals surface area contributed by atoms with Gasteiger partial charge in [-0.2, -0.15) is 16.3 Å². The third-order valence-corrected chi connectivity index (χ3v) is 4.87. The third-order valence-electron chi connectivity index (χ3n) is 4.16. The molecule has 0 aliphatic carbocycles. The van der Waals surface area contributed by atoms with Crippen LogP contribution in [-0.4, -0.2) is 27.2 Å². The van der Waals surface area contributed by atoms with Crippen molar-refractivity contribution in [1.82, 2.24) is 20.0 Å². The van der Waals surface area contributed by atoms with Crippen molar-refractivity contribution in [1.29, 1.82) is 0 Å². The molecule has 27 heavy (non-hydrogen) atoms. The summed E-state index contributed by atoms with van der Waals surface area (Å²) in [5.74, 6) is 1.40. The van der Waals surface area contributed by atoms with Crippen molar-refractivity contribution in [2.24, 2.45) is 0 Å². The lowest BCUT2D eigenvalue weighted by Crippen LogP contribution is -2.28. The Bertz CT molecular complexity index is 925. The first-order valence-corrected chi connectivity index (χ1v) is 9.51. The van der Waals surface area contributed by atoms with Gasteiger partial charge in [-0.1, -0.05) is 5.16 Å². The zero-order chi connectivity index (χ0) is 18.5. The molecular weight excluding hydrogens is 364 g/mol. The molecule has 7 nitrogen and oxygen atoms in total. The van der Waals surface area contributed by atoms with E-state index in [4.69, 9.17) is 8.94 Å². The number of carbonyl (C=O) groups excluding carboxylic acids is 1. The van der Waals surface area contributed by atoms with Gasteiger partial charge in [-0.3, -0.25) is 4.79 Å². The molecule has 0 bridgehead atoms. The summed E-state index contributed by atoms with van der Waals surface area (Å²) in [5.41, 5.74) is 1.13. The molecule has 4 aromatic heterocycles. The van der Waals surface area contributed by atoms with Crippen LogP contribution in [-0.2, 0) is 11.2 Å². The molecule has 1 N–H and O–H groups in total. The molecule has 0 aliphatic rings. The molecule has 4 rings (SSSR count). The van der Waals surface area contributed by atoms with Gasteiger partial charge < -0.3 is 18.8 Å². The zero-order valence-electron chi connectivity index (χ0n) is 14.4. The molecule has 1 atom stereocenters. The number of rotatable bonds is 8. The smallest absolute Gasteiger partial charge is 0.238 e. The minimum atomic E-state index is -0.0225. The van der Waals surface area contributed by atoms with Gasteiger partial charge in [0.2, 0.25) is 17.6 Å². The van der Waals surface area contributed by atoms with E-state index in [9.17, 15) is 4.79 Å². The summed E-state index contributed by atoms with van der Waals surface area (Å²) in [4.78, 5) is 16.7. The molecule has 1 amide bonds. The number of furan rings is 1. The lowest BCUT2D eigenvalue weighted by atomic mass is 10.1. The number of hydrogen-bond donors (Lipinski definition) is 1. The molecule has 0 fully saturated rings. The summed E-state index contributed by atoms with van der Waals surface area (Å²) < 4.78 is 12.5. The second-order valence-electron chi connectivity index (χ2n) is 6.00. The largest absolute Gasteiger partial charge is 0.461 e. The quantitative estimate of drug-likeness (QED) is 0.504. The maximum Gasteiger partial charge on any atom is 0.238 e. The highest BCUT2D eigenvalue weighted by molar-refractivity contribution is 7.08. The van der Waals surface area contributed by atoms with Crippen LogP contribution in [0.4, 0.5) is 0 Å². The van der Waals surface area contributed by atoms with Crippen molar-refractivity contribution in [3.8, 4) is 11.6 Å². The molecule has 8 heteroatoms. The lowest BCUT2D eigenvalue weighted by molar-refractivity contribution is -0.121. The number of aromatic nitrogens is 3. The van der Waals surface area contributed by atoms with Gasteiger partial charge in [-0.05, 0) is 46.7 Å². The molecule has 0 spiro atoms. The molecule has 0 saturated heterocycles. The number of nitrogens with one attached hydrogen (secondary N) is 1. The Kier molecular flexibility index (Phi) is 5.15. The van der Waals surface area contributed by atoms with Crippen LogP contribution >= 0.6 is 11.3 Å². The Morgan fingerprint density at radius 3 is 2.89 bits per heavy atom. The summed E-state index contributed by atoms with van der Waals surface area (Å²) in [5, 5.41) is 10.9. The summed E-state index contributed by atoms with van der Waals surface area (Å²) in [7, 11) is 0. The molecule has 0 saturated carbocycles. The van der Waals surface area contributed by atoms with Gasteiger partial charge >= 0.3 is 0 Å². The highest BCUT2D eigenvalue weighted by Crippen LogP contribution is 2.24. The van der Waals surface area contributed by atoms with Gasteiger partial charge in [0.05, 0.1) is 18.7 Å². The van der Waals surface area contributed by atoms with E-state index in [-0.39, 0.29) is 11.9 Å². The van der Waals surface area contributed by atoms with Crippen LogP contribution in [0.1, 0.15) is 23.9 Å². The monoisotopic (exact) mass is 382 g/mol. The zero-order valence-corrected chi connectivity index (χ0v) is 15.3. The second-order valence-corrected chi connectivity index (χ2v) is 6.78. The van der Waals surface area contributed by atoms with E-state index in [0.29, 0.717) is 36.9 Å². The SMILES string of the molecule is O=C(C[C@H](c1ccsc1)n1cccc1)NCCc1nc(-c2ccco2)no1. The van der Waals surface area contributed by atoms with Crippen LogP contribution in [0.25, 0.3) is 11.6 Å². The molecule has 0 unspecified atom stereocenters. The Morgan fingerprint density at radius 2 is 2.15 bits per heavy atom. The van der Waals surface area contributed by atoms with Crippen LogP contribution in [0.5, 0.6) is 0 Å². The first-order chi connectivity index (χ1) is 13.3. The van der Waals surface area contributed by atoms with E-state index >= 15 is 0 Å². The van der Waals surface area contributed by atoms with Crippen molar-refractivity contribution in [2.45, 2.75) is 18.9 Å². The van der Waals surface area contributed by atoms with E-state index in [1.165, 1.54) is 0 Å². The van der Waals surface area contributed by atoms with Crippen molar-refractivity contribution >= 4 is 17.2 Å². The van der Waals surface area contributed by atoms with Crippen molar-refractivity contribution < 1.29 is 13.7 Å². The van der Waals surface area contributed by atoms with E-state index in [2.05, 4.69) is 31.5 Å². The van der Waals surface area contributed by atoms with Gasteiger partial charge in [0.1, 0.15) is 0 Å². The number of nitrogens with zero attached hydrogens (tertiary/aromatic N) is 3. The van der Waals surface area contributed by atoms with Gasteiger partial charge in [0.25, 0.3) is 0 Å². The normalized spacial score (nSPS) is 12.1. The fraction of sp³-hybridized carbons (Fsp3) is 0.211. The van der Waals surface area contributed by atoms with Gasteiger partial charge in [0.15, 0.2) is 5.76 Å². The van der Waals surface area contributed by atoms with Crippen molar-refractivity contribution in [2.75, 3.05) is 6.54 Å².